The zero-order valence-electron chi connectivity index (χ0n) is 8.02. The number of nitrogen functional groups attached to an aromatic ring is 1. The molecule has 82 valence electrons. The molecule has 0 saturated heterocycles. The summed E-state index contributed by atoms with van der Waals surface area (Å²) in [6.07, 6.45) is 1.35. The van der Waals surface area contributed by atoms with Gasteiger partial charge in [-0.05, 0) is 28.1 Å². The molecule has 0 spiro atoms. The number of anilines is 1. The molecular formula is C10H7BrFN3S. The lowest BCUT2D eigenvalue weighted by molar-refractivity contribution is 0.602. The molecule has 2 aromatic rings. The molecule has 0 bridgehead atoms. The molecule has 2 rings (SSSR count). The van der Waals surface area contributed by atoms with Crippen LogP contribution in [0.5, 0.6) is 0 Å². The highest BCUT2D eigenvalue weighted by atomic mass is 79.9. The first-order valence-corrected chi connectivity index (χ1v) is 5.98. The first kappa shape index (κ1) is 11.3. The predicted octanol–water partition coefficient (Wildman–Crippen LogP) is 3.11. The molecule has 16 heavy (non-hydrogen) atoms. The summed E-state index contributed by atoms with van der Waals surface area (Å²) in [5, 5.41) is 0.595. The molecule has 1 aromatic heterocycles. The highest BCUT2D eigenvalue weighted by Gasteiger charge is 2.10. The van der Waals surface area contributed by atoms with Crippen LogP contribution in [0.2, 0.25) is 0 Å². The van der Waals surface area contributed by atoms with E-state index in [0.717, 1.165) is 0 Å². The quantitative estimate of drug-likeness (QED) is 0.866. The highest BCUT2D eigenvalue weighted by Crippen LogP contribution is 2.34. The summed E-state index contributed by atoms with van der Waals surface area (Å²) in [4.78, 5) is 8.35. The summed E-state index contributed by atoms with van der Waals surface area (Å²) < 4.78 is 14.0. The topological polar surface area (TPSA) is 51.8 Å². The van der Waals surface area contributed by atoms with Gasteiger partial charge in [0.2, 0.25) is 0 Å². The van der Waals surface area contributed by atoms with Crippen molar-refractivity contribution in [1.29, 1.82) is 0 Å². The summed E-state index contributed by atoms with van der Waals surface area (Å²) in [5.41, 5.74) is 5.61. The van der Waals surface area contributed by atoms with E-state index < -0.39 is 0 Å². The zero-order chi connectivity index (χ0) is 11.5. The van der Waals surface area contributed by atoms with Crippen LogP contribution < -0.4 is 5.73 Å². The van der Waals surface area contributed by atoms with Crippen molar-refractivity contribution < 1.29 is 4.39 Å². The van der Waals surface area contributed by atoms with E-state index in [1.54, 1.807) is 18.2 Å². The van der Waals surface area contributed by atoms with Gasteiger partial charge < -0.3 is 5.73 Å². The molecule has 0 aliphatic carbocycles. The third-order valence-corrected chi connectivity index (χ3v) is 3.93. The van der Waals surface area contributed by atoms with E-state index >= 15 is 0 Å². The Morgan fingerprint density at radius 2 is 2.00 bits per heavy atom. The van der Waals surface area contributed by atoms with Crippen LogP contribution in [0.1, 0.15) is 0 Å². The van der Waals surface area contributed by atoms with E-state index in [-0.39, 0.29) is 5.82 Å². The van der Waals surface area contributed by atoms with Gasteiger partial charge in [-0.2, -0.15) is 0 Å². The van der Waals surface area contributed by atoms with Crippen LogP contribution in [-0.4, -0.2) is 9.97 Å². The number of rotatable bonds is 2. The van der Waals surface area contributed by atoms with E-state index in [0.29, 0.717) is 20.2 Å². The molecule has 6 heteroatoms. The second kappa shape index (κ2) is 4.80. The van der Waals surface area contributed by atoms with Crippen LogP contribution in [0.15, 0.2) is 45.0 Å². The Kier molecular flexibility index (Phi) is 3.40. The molecule has 0 saturated carbocycles. The van der Waals surface area contributed by atoms with E-state index in [1.165, 1.54) is 24.2 Å². The molecule has 0 amide bonds. The van der Waals surface area contributed by atoms with Crippen LogP contribution in [0.4, 0.5) is 10.2 Å². The van der Waals surface area contributed by atoms with E-state index in [9.17, 15) is 4.39 Å². The van der Waals surface area contributed by atoms with Gasteiger partial charge in [0.15, 0.2) is 0 Å². The first-order chi connectivity index (χ1) is 7.68. The molecule has 0 aliphatic rings. The second-order valence-electron chi connectivity index (χ2n) is 2.91. The minimum Gasteiger partial charge on any atom is -0.383 e. The summed E-state index contributed by atoms with van der Waals surface area (Å²) in [5.74, 6) is 0.0606. The monoisotopic (exact) mass is 299 g/mol. The van der Waals surface area contributed by atoms with E-state index in [4.69, 9.17) is 5.73 Å². The molecule has 2 N–H and O–H groups in total. The Morgan fingerprint density at radius 3 is 2.75 bits per heavy atom. The number of aromatic nitrogens is 2. The molecule has 1 heterocycles. The lowest BCUT2D eigenvalue weighted by Gasteiger charge is -2.05. The van der Waals surface area contributed by atoms with Crippen molar-refractivity contribution in [2.75, 3.05) is 5.73 Å². The minimum atomic E-state index is -0.281. The van der Waals surface area contributed by atoms with Crippen LogP contribution in [0.3, 0.4) is 0 Å². The molecule has 0 radical (unpaired) electrons. The molecule has 0 fully saturated rings. The Balaban J connectivity index is 2.35. The van der Waals surface area contributed by atoms with Crippen molar-refractivity contribution >= 4 is 33.5 Å². The largest absolute Gasteiger partial charge is 0.383 e. The fraction of sp³-hybridized carbons (Fsp3) is 0. The molecule has 3 nitrogen and oxygen atoms in total. The van der Waals surface area contributed by atoms with E-state index in [2.05, 4.69) is 25.9 Å². The third-order valence-electron chi connectivity index (χ3n) is 1.83. The van der Waals surface area contributed by atoms with Crippen molar-refractivity contribution in [2.45, 2.75) is 9.92 Å². The van der Waals surface area contributed by atoms with Gasteiger partial charge in [0.05, 0.1) is 4.47 Å². The fourth-order valence-electron chi connectivity index (χ4n) is 1.07. The van der Waals surface area contributed by atoms with Gasteiger partial charge in [0, 0.05) is 4.90 Å². The zero-order valence-corrected chi connectivity index (χ0v) is 10.4. The molecule has 0 unspecified atom stereocenters. The maximum absolute atomic E-state index is 13.4. The second-order valence-corrected chi connectivity index (χ2v) is 4.73. The maximum atomic E-state index is 13.4. The Labute approximate surface area is 104 Å². The van der Waals surface area contributed by atoms with Crippen LogP contribution >= 0.6 is 27.7 Å². The van der Waals surface area contributed by atoms with Crippen molar-refractivity contribution in [3.63, 3.8) is 0 Å². The van der Waals surface area contributed by atoms with Crippen molar-refractivity contribution in [1.82, 2.24) is 9.97 Å². The Morgan fingerprint density at radius 1 is 1.25 bits per heavy atom. The summed E-state index contributed by atoms with van der Waals surface area (Å²) >= 11 is 4.47. The number of nitrogens with zero attached hydrogens (tertiary/aromatic N) is 2. The van der Waals surface area contributed by atoms with Gasteiger partial charge in [-0.3, -0.25) is 0 Å². The van der Waals surface area contributed by atoms with Gasteiger partial charge in [-0.15, -0.1) is 0 Å². The SMILES string of the molecule is Nc1ncnc(Sc2ccccc2F)c1Br. The number of benzene rings is 1. The van der Waals surface area contributed by atoms with Gasteiger partial charge >= 0.3 is 0 Å². The fourth-order valence-corrected chi connectivity index (χ4v) is 2.33. The van der Waals surface area contributed by atoms with Gasteiger partial charge in [-0.1, -0.05) is 23.9 Å². The number of hydrogen-bond donors (Lipinski definition) is 1. The van der Waals surface area contributed by atoms with Crippen molar-refractivity contribution in [3.8, 4) is 0 Å². The van der Waals surface area contributed by atoms with Gasteiger partial charge in [0.1, 0.15) is 23.0 Å². The predicted molar refractivity (Wildman–Crippen MR) is 64.7 cm³/mol. The normalized spacial score (nSPS) is 10.4. The van der Waals surface area contributed by atoms with Gasteiger partial charge in [0.25, 0.3) is 0 Å². The molecular weight excluding hydrogens is 293 g/mol. The van der Waals surface area contributed by atoms with Crippen molar-refractivity contribution in [3.05, 3.63) is 40.9 Å². The van der Waals surface area contributed by atoms with E-state index in [1.807, 2.05) is 0 Å². The number of halogens is 2. The maximum Gasteiger partial charge on any atom is 0.142 e. The smallest absolute Gasteiger partial charge is 0.142 e. The Hall–Kier alpha value is -1.14. The van der Waals surface area contributed by atoms with Crippen LogP contribution in [0.25, 0.3) is 0 Å². The third kappa shape index (κ3) is 2.33. The lowest BCUT2D eigenvalue weighted by atomic mass is 10.3. The molecule has 1 aromatic carbocycles. The van der Waals surface area contributed by atoms with Gasteiger partial charge in [-0.25, -0.2) is 14.4 Å². The van der Waals surface area contributed by atoms with Crippen LogP contribution in [0, 0.1) is 5.82 Å². The molecule has 0 atom stereocenters. The first-order valence-electron chi connectivity index (χ1n) is 4.37. The minimum absolute atomic E-state index is 0.281. The number of hydrogen-bond acceptors (Lipinski definition) is 4. The summed E-state index contributed by atoms with van der Waals surface area (Å²) in [6.45, 7) is 0. The standard InChI is InChI=1S/C10H7BrFN3S/c11-8-9(13)14-5-15-10(8)16-7-4-2-1-3-6(7)12/h1-5H,(H2,13,14,15). The van der Waals surface area contributed by atoms with Crippen molar-refractivity contribution in [2.24, 2.45) is 0 Å². The Bertz CT molecular complexity index is 521. The number of nitrogens with two attached hydrogens (primary N) is 1. The highest BCUT2D eigenvalue weighted by molar-refractivity contribution is 9.10. The molecule has 0 aliphatic heterocycles. The van der Waals surface area contributed by atoms with Crippen LogP contribution in [-0.2, 0) is 0 Å². The lowest BCUT2D eigenvalue weighted by Crippen LogP contribution is -1.94. The summed E-state index contributed by atoms with van der Waals surface area (Å²) in [7, 11) is 0. The average Bonchev–Trinajstić information content (AvgIpc) is 2.28. The average molecular weight is 300 g/mol. The summed E-state index contributed by atoms with van der Waals surface area (Å²) in [6, 6.07) is 6.50.